The third kappa shape index (κ3) is 3.38. The average Bonchev–Trinajstić information content (AvgIpc) is 3.07. The molecule has 3 aromatic heterocycles. The van der Waals surface area contributed by atoms with Crippen molar-refractivity contribution in [3.05, 3.63) is 60.2 Å². The van der Waals surface area contributed by atoms with E-state index < -0.39 is 0 Å². The normalized spacial score (nSPS) is 14.4. The Hall–Kier alpha value is -3.29. The highest BCUT2D eigenvalue weighted by Gasteiger charge is 2.23. The van der Waals surface area contributed by atoms with E-state index in [1.807, 2.05) is 29.4 Å². The number of pyridine rings is 1. The van der Waals surface area contributed by atoms with Crippen molar-refractivity contribution in [1.82, 2.24) is 29.4 Å². The van der Waals surface area contributed by atoms with Gasteiger partial charge in [-0.25, -0.2) is 15.0 Å². The Morgan fingerprint density at radius 2 is 1.81 bits per heavy atom. The van der Waals surface area contributed by atoms with Gasteiger partial charge < -0.3 is 9.80 Å². The van der Waals surface area contributed by atoms with Crippen molar-refractivity contribution >= 4 is 11.7 Å². The van der Waals surface area contributed by atoms with E-state index in [0.717, 1.165) is 36.1 Å². The number of piperazine rings is 1. The molecule has 1 saturated heterocycles. The van der Waals surface area contributed by atoms with E-state index in [4.69, 9.17) is 0 Å². The fourth-order valence-electron chi connectivity index (χ4n) is 3.18. The number of anilines is 1. The van der Waals surface area contributed by atoms with Crippen molar-refractivity contribution < 1.29 is 4.79 Å². The van der Waals surface area contributed by atoms with Crippen LogP contribution in [0.2, 0.25) is 0 Å². The number of carbonyl (C=O) groups excluding carboxylic acids is 1. The van der Waals surface area contributed by atoms with Crippen molar-refractivity contribution in [2.24, 2.45) is 0 Å². The SMILES string of the molecule is Cc1ncn(-c2cc(N3CCN(C(=O)c4cccnc4)CC3)ncn2)c1C. The van der Waals surface area contributed by atoms with Crippen LogP contribution in [0.4, 0.5) is 5.82 Å². The molecule has 27 heavy (non-hydrogen) atoms. The topological polar surface area (TPSA) is 80.0 Å². The van der Waals surface area contributed by atoms with Gasteiger partial charge in [-0.15, -0.1) is 0 Å². The Balaban J connectivity index is 1.46. The number of nitrogens with zero attached hydrogens (tertiary/aromatic N) is 7. The highest BCUT2D eigenvalue weighted by Crippen LogP contribution is 2.18. The molecule has 1 amide bonds. The number of imidazole rings is 1. The van der Waals surface area contributed by atoms with Crippen LogP contribution >= 0.6 is 0 Å². The molecule has 0 aromatic carbocycles. The smallest absolute Gasteiger partial charge is 0.255 e. The van der Waals surface area contributed by atoms with Gasteiger partial charge in [-0.2, -0.15) is 0 Å². The Morgan fingerprint density at radius 3 is 2.48 bits per heavy atom. The first-order valence-corrected chi connectivity index (χ1v) is 8.90. The third-order valence-electron chi connectivity index (χ3n) is 4.94. The second-order valence-electron chi connectivity index (χ2n) is 6.54. The minimum atomic E-state index is 0.0237. The molecule has 0 N–H and O–H groups in total. The summed E-state index contributed by atoms with van der Waals surface area (Å²) in [6.45, 7) is 6.75. The predicted molar refractivity (Wildman–Crippen MR) is 101 cm³/mol. The fraction of sp³-hybridized carbons (Fsp3) is 0.316. The standard InChI is InChI=1S/C19H21N7O/c1-14-15(2)26(13-23-14)18-10-17(21-12-22-18)24-6-8-25(9-7-24)19(27)16-4-3-5-20-11-16/h3-5,10-13H,6-9H2,1-2H3. The summed E-state index contributed by atoms with van der Waals surface area (Å²) in [7, 11) is 0. The molecule has 0 spiro atoms. The first-order valence-electron chi connectivity index (χ1n) is 8.90. The Labute approximate surface area is 157 Å². The first kappa shape index (κ1) is 17.1. The summed E-state index contributed by atoms with van der Waals surface area (Å²) in [6, 6.07) is 5.55. The second kappa shape index (κ2) is 7.14. The van der Waals surface area contributed by atoms with Gasteiger partial charge in [0.1, 0.15) is 24.3 Å². The molecule has 4 rings (SSSR count). The molecule has 0 radical (unpaired) electrons. The summed E-state index contributed by atoms with van der Waals surface area (Å²) in [5, 5.41) is 0. The zero-order chi connectivity index (χ0) is 18.8. The number of amides is 1. The quantitative estimate of drug-likeness (QED) is 0.704. The van der Waals surface area contributed by atoms with Crippen molar-refractivity contribution in [3.8, 4) is 5.82 Å². The zero-order valence-corrected chi connectivity index (χ0v) is 15.4. The van der Waals surface area contributed by atoms with Crippen LogP contribution in [0.15, 0.2) is 43.2 Å². The average molecular weight is 363 g/mol. The maximum absolute atomic E-state index is 12.6. The van der Waals surface area contributed by atoms with Crippen LogP contribution in [-0.4, -0.2) is 61.5 Å². The van der Waals surface area contributed by atoms with E-state index in [0.29, 0.717) is 18.7 Å². The molecule has 0 unspecified atom stereocenters. The minimum absolute atomic E-state index is 0.0237. The van der Waals surface area contributed by atoms with E-state index in [-0.39, 0.29) is 5.91 Å². The third-order valence-corrected chi connectivity index (χ3v) is 4.94. The number of aromatic nitrogens is 5. The Kier molecular flexibility index (Phi) is 4.53. The predicted octanol–water partition coefficient (Wildman–Crippen LogP) is 1.64. The molecule has 8 nitrogen and oxygen atoms in total. The van der Waals surface area contributed by atoms with Crippen LogP contribution in [0, 0.1) is 13.8 Å². The summed E-state index contributed by atoms with van der Waals surface area (Å²) in [5.74, 6) is 1.68. The van der Waals surface area contributed by atoms with E-state index >= 15 is 0 Å². The van der Waals surface area contributed by atoms with Crippen molar-refractivity contribution in [2.45, 2.75) is 13.8 Å². The van der Waals surface area contributed by atoms with Crippen LogP contribution in [0.5, 0.6) is 0 Å². The van der Waals surface area contributed by atoms with Gasteiger partial charge in [0, 0.05) is 50.3 Å². The van der Waals surface area contributed by atoms with E-state index in [1.54, 1.807) is 37.2 Å². The lowest BCUT2D eigenvalue weighted by Crippen LogP contribution is -2.49. The largest absolute Gasteiger partial charge is 0.353 e. The lowest BCUT2D eigenvalue weighted by molar-refractivity contribution is 0.0746. The van der Waals surface area contributed by atoms with Gasteiger partial charge in [-0.3, -0.25) is 14.3 Å². The van der Waals surface area contributed by atoms with Crippen LogP contribution in [0.3, 0.4) is 0 Å². The van der Waals surface area contributed by atoms with Gasteiger partial charge in [0.25, 0.3) is 5.91 Å². The molecule has 4 heterocycles. The Morgan fingerprint density at radius 1 is 1.04 bits per heavy atom. The molecule has 0 saturated carbocycles. The van der Waals surface area contributed by atoms with Gasteiger partial charge in [-0.05, 0) is 26.0 Å². The maximum Gasteiger partial charge on any atom is 0.255 e. The molecular weight excluding hydrogens is 342 g/mol. The molecule has 3 aromatic rings. The summed E-state index contributed by atoms with van der Waals surface area (Å²) in [5.41, 5.74) is 2.67. The first-order chi connectivity index (χ1) is 13.1. The number of hydrogen-bond donors (Lipinski definition) is 0. The van der Waals surface area contributed by atoms with Crippen LogP contribution in [-0.2, 0) is 0 Å². The van der Waals surface area contributed by atoms with Crippen LogP contribution in [0.25, 0.3) is 5.82 Å². The highest BCUT2D eigenvalue weighted by atomic mass is 16.2. The molecule has 1 aliphatic rings. The van der Waals surface area contributed by atoms with E-state index in [1.165, 1.54) is 0 Å². The van der Waals surface area contributed by atoms with E-state index in [9.17, 15) is 4.79 Å². The summed E-state index contributed by atoms with van der Waals surface area (Å²) in [6.07, 6.45) is 6.64. The Bertz CT molecular complexity index is 946. The minimum Gasteiger partial charge on any atom is -0.353 e. The molecule has 1 fully saturated rings. The van der Waals surface area contributed by atoms with Gasteiger partial charge in [0.2, 0.25) is 0 Å². The number of aryl methyl sites for hydroxylation is 1. The number of rotatable bonds is 3. The lowest BCUT2D eigenvalue weighted by Gasteiger charge is -2.35. The number of carbonyl (C=O) groups is 1. The summed E-state index contributed by atoms with van der Waals surface area (Å²) in [4.78, 5) is 33.7. The second-order valence-corrected chi connectivity index (χ2v) is 6.54. The lowest BCUT2D eigenvalue weighted by atomic mass is 10.2. The molecule has 0 aliphatic carbocycles. The van der Waals surface area contributed by atoms with Gasteiger partial charge in [0.05, 0.1) is 11.3 Å². The highest BCUT2D eigenvalue weighted by molar-refractivity contribution is 5.94. The monoisotopic (exact) mass is 363 g/mol. The summed E-state index contributed by atoms with van der Waals surface area (Å²) >= 11 is 0. The van der Waals surface area contributed by atoms with Crippen LogP contribution in [0.1, 0.15) is 21.7 Å². The molecule has 8 heteroatoms. The van der Waals surface area contributed by atoms with Gasteiger partial charge in [-0.1, -0.05) is 0 Å². The zero-order valence-electron chi connectivity index (χ0n) is 15.4. The number of hydrogen-bond acceptors (Lipinski definition) is 6. The molecule has 0 bridgehead atoms. The fourth-order valence-corrected chi connectivity index (χ4v) is 3.18. The van der Waals surface area contributed by atoms with Crippen LogP contribution < -0.4 is 4.90 Å². The van der Waals surface area contributed by atoms with Crippen molar-refractivity contribution in [2.75, 3.05) is 31.1 Å². The molecular formula is C19H21N7O. The molecule has 138 valence electrons. The summed E-state index contributed by atoms with van der Waals surface area (Å²) < 4.78 is 1.96. The van der Waals surface area contributed by atoms with E-state index in [2.05, 4.69) is 24.8 Å². The van der Waals surface area contributed by atoms with Gasteiger partial charge >= 0.3 is 0 Å². The molecule has 1 aliphatic heterocycles. The van der Waals surface area contributed by atoms with Gasteiger partial charge in [0.15, 0.2) is 0 Å². The van der Waals surface area contributed by atoms with Crippen molar-refractivity contribution in [3.63, 3.8) is 0 Å². The van der Waals surface area contributed by atoms with Crippen molar-refractivity contribution in [1.29, 1.82) is 0 Å². The molecule has 0 atom stereocenters. The maximum atomic E-state index is 12.6.